The Kier molecular flexibility index (Phi) is 4.53. The van der Waals surface area contributed by atoms with Crippen molar-refractivity contribution in [1.29, 1.82) is 0 Å². The third-order valence-corrected chi connectivity index (χ3v) is 5.36. The number of nitrogens with two attached hydrogens (primary N) is 1. The van der Waals surface area contributed by atoms with Crippen molar-refractivity contribution in [1.82, 2.24) is 0 Å². The van der Waals surface area contributed by atoms with Gasteiger partial charge in [-0.3, -0.25) is 0 Å². The van der Waals surface area contributed by atoms with Crippen LogP contribution in [0.15, 0.2) is 18.2 Å². The molecule has 1 saturated heterocycles. The summed E-state index contributed by atoms with van der Waals surface area (Å²) in [5.41, 5.74) is 6.95. The summed E-state index contributed by atoms with van der Waals surface area (Å²) in [4.78, 5) is 0. The highest BCUT2D eigenvalue weighted by atomic mass is 35.5. The molecule has 21 heavy (non-hydrogen) atoms. The van der Waals surface area contributed by atoms with Gasteiger partial charge in [-0.1, -0.05) is 36.9 Å². The van der Waals surface area contributed by atoms with Gasteiger partial charge in [-0.25, -0.2) is 4.39 Å². The van der Waals surface area contributed by atoms with Crippen molar-refractivity contribution < 1.29 is 9.13 Å². The Labute approximate surface area is 130 Å². The van der Waals surface area contributed by atoms with Crippen LogP contribution in [-0.4, -0.2) is 12.2 Å². The normalized spacial score (nSPS) is 26.7. The lowest BCUT2D eigenvalue weighted by molar-refractivity contribution is -0.120. The largest absolute Gasteiger partial charge is 0.375 e. The molecule has 1 heterocycles. The fraction of sp³-hybridized carbons (Fsp3) is 0.647. The Hall–Kier alpha value is -0.640. The van der Waals surface area contributed by atoms with E-state index in [0.29, 0.717) is 10.6 Å². The molecule has 116 valence electrons. The van der Waals surface area contributed by atoms with Crippen LogP contribution in [0.5, 0.6) is 0 Å². The number of hydrogen-bond acceptors (Lipinski definition) is 2. The predicted molar refractivity (Wildman–Crippen MR) is 82.8 cm³/mol. The zero-order valence-electron chi connectivity index (χ0n) is 12.3. The zero-order chi connectivity index (χ0) is 14.9. The first-order valence-corrected chi connectivity index (χ1v) is 8.32. The van der Waals surface area contributed by atoms with Gasteiger partial charge < -0.3 is 10.5 Å². The van der Waals surface area contributed by atoms with E-state index in [4.69, 9.17) is 22.1 Å². The molecular weight excluding hydrogens is 289 g/mol. The summed E-state index contributed by atoms with van der Waals surface area (Å²) in [5, 5.41) is 0.416. The van der Waals surface area contributed by atoms with Gasteiger partial charge in [0.2, 0.25) is 0 Å². The van der Waals surface area contributed by atoms with E-state index in [0.717, 1.165) is 32.3 Å². The van der Waals surface area contributed by atoms with E-state index in [9.17, 15) is 4.39 Å². The molecule has 2 nitrogen and oxygen atoms in total. The van der Waals surface area contributed by atoms with Crippen LogP contribution >= 0.6 is 11.6 Å². The summed E-state index contributed by atoms with van der Waals surface area (Å²) < 4.78 is 20.2. The van der Waals surface area contributed by atoms with Gasteiger partial charge in [0.05, 0.1) is 5.60 Å². The fourth-order valence-electron chi connectivity index (χ4n) is 3.94. The number of ether oxygens (including phenoxy) is 1. The molecule has 0 aromatic heterocycles. The molecule has 1 spiro atoms. The molecule has 1 saturated carbocycles. The SMILES string of the molecule is NC(c1ccc(Cl)cc1F)C1CCOC2(CCCCC2)C1. The van der Waals surface area contributed by atoms with Crippen molar-refractivity contribution in [2.75, 3.05) is 6.61 Å². The minimum atomic E-state index is -0.292. The lowest BCUT2D eigenvalue weighted by atomic mass is 9.73. The lowest BCUT2D eigenvalue weighted by Crippen LogP contribution is -2.44. The van der Waals surface area contributed by atoms with E-state index in [1.54, 1.807) is 12.1 Å². The third-order valence-electron chi connectivity index (χ3n) is 5.13. The van der Waals surface area contributed by atoms with Crippen molar-refractivity contribution in [3.63, 3.8) is 0 Å². The van der Waals surface area contributed by atoms with E-state index in [1.807, 2.05) is 0 Å². The number of benzene rings is 1. The van der Waals surface area contributed by atoms with Crippen LogP contribution in [0, 0.1) is 11.7 Å². The van der Waals surface area contributed by atoms with Crippen molar-refractivity contribution in [3.05, 3.63) is 34.6 Å². The van der Waals surface area contributed by atoms with Crippen LogP contribution in [0.2, 0.25) is 5.02 Å². The average Bonchev–Trinajstić information content (AvgIpc) is 2.47. The Morgan fingerprint density at radius 3 is 2.76 bits per heavy atom. The minimum Gasteiger partial charge on any atom is -0.375 e. The van der Waals surface area contributed by atoms with Crippen LogP contribution in [0.3, 0.4) is 0 Å². The van der Waals surface area contributed by atoms with Gasteiger partial charge in [0.1, 0.15) is 5.82 Å². The van der Waals surface area contributed by atoms with E-state index in [1.165, 1.54) is 25.3 Å². The molecule has 2 aliphatic rings. The van der Waals surface area contributed by atoms with Gasteiger partial charge in [-0.05, 0) is 43.7 Å². The molecule has 2 N–H and O–H groups in total. The Balaban J connectivity index is 1.76. The summed E-state index contributed by atoms with van der Waals surface area (Å²) in [6, 6.07) is 4.53. The molecule has 1 aromatic carbocycles. The topological polar surface area (TPSA) is 35.2 Å². The minimum absolute atomic E-state index is 0.00167. The molecule has 4 heteroatoms. The van der Waals surface area contributed by atoms with Crippen LogP contribution in [0.4, 0.5) is 4.39 Å². The maximum absolute atomic E-state index is 14.1. The molecule has 0 amide bonds. The van der Waals surface area contributed by atoms with Gasteiger partial charge >= 0.3 is 0 Å². The lowest BCUT2D eigenvalue weighted by Gasteiger charge is -2.45. The predicted octanol–water partition coefficient (Wildman–Crippen LogP) is 4.61. The summed E-state index contributed by atoms with van der Waals surface area (Å²) in [6.07, 6.45) is 7.88. The van der Waals surface area contributed by atoms with Gasteiger partial charge in [-0.2, -0.15) is 0 Å². The summed E-state index contributed by atoms with van der Waals surface area (Å²) in [7, 11) is 0. The first-order valence-electron chi connectivity index (χ1n) is 7.94. The van der Waals surface area contributed by atoms with E-state index < -0.39 is 0 Å². The smallest absolute Gasteiger partial charge is 0.129 e. The molecule has 3 rings (SSSR count). The summed E-state index contributed by atoms with van der Waals surface area (Å²) >= 11 is 5.82. The number of rotatable bonds is 2. The molecule has 2 fully saturated rings. The van der Waals surface area contributed by atoms with Crippen LogP contribution in [0.1, 0.15) is 56.6 Å². The van der Waals surface area contributed by atoms with Crippen molar-refractivity contribution in [3.8, 4) is 0 Å². The Bertz CT molecular complexity index is 496. The number of halogens is 2. The monoisotopic (exact) mass is 311 g/mol. The highest BCUT2D eigenvalue weighted by molar-refractivity contribution is 6.30. The molecule has 0 bridgehead atoms. The second-order valence-electron chi connectivity index (χ2n) is 6.54. The molecule has 1 aliphatic heterocycles. The van der Waals surface area contributed by atoms with Crippen LogP contribution in [-0.2, 0) is 4.74 Å². The molecule has 1 aromatic rings. The highest BCUT2D eigenvalue weighted by Crippen LogP contribution is 2.44. The number of hydrogen-bond donors (Lipinski definition) is 1. The van der Waals surface area contributed by atoms with E-state index in [-0.39, 0.29) is 23.4 Å². The molecule has 0 radical (unpaired) electrons. The highest BCUT2D eigenvalue weighted by Gasteiger charge is 2.40. The molecule has 2 atom stereocenters. The second-order valence-corrected chi connectivity index (χ2v) is 6.97. The molecular formula is C17H23ClFNO. The average molecular weight is 312 g/mol. The van der Waals surface area contributed by atoms with Crippen LogP contribution in [0.25, 0.3) is 0 Å². The maximum atomic E-state index is 14.1. The first-order chi connectivity index (χ1) is 10.1. The molecule has 1 aliphatic carbocycles. The van der Waals surface area contributed by atoms with E-state index >= 15 is 0 Å². The standard InChI is InChI=1S/C17H23ClFNO/c18-13-4-5-14(15(19)10-13)16(20)12-6-9-21-17(11-12)7-2-1-3-8-17/h4-5,10,12,16H,1-3,6-9,11,20H2. The van der Waals surface area contributed by atoms with Gasteiger partial charge in [0.15, 0.2) is 0 Å². The fourth-order valence-corrected chi connectivity index (χ4v) is 4.10. The second kappa shape index (κ2) is 6.23. The zero-order valence-corrected chi connectivity index (χ0v) is 13.0. The van der Waals surface area contributed by atoms with Gasteiger partial charge in [0.25, 0.3) is 0 Å². The van der Waals surface area contributed by atoms with Crippen LogP contribution < -0.4 is 5.73 Å². The van der Waals surface area contributed by atoms with Gasteiger partial charge in [-0.15, -0.1) is 0 Å². The summed E-state index contributed by atoms with van der Waals surface area (Å²) in [5.74, 6) is -0.00767. The molecule has 2 unspecified atom stereocenters. The van der Waals surface area contributed by atoms with Crippen molar-refractivity contribution in [2.45, 2.75) is 56.6 Å². The maximum Gasteiger partial charge on any atom is 0.129 e. The first kappa shape index (κ1) is 15.3. The van der Waals surface area contributed by atoms with E-state index in [2.05, 4.69) is 0 Å². The summed E-state index contributed by atoms with van der Waals surface area (Å²) in [6.45, 7) is 0.744. The quantitative estimate of drug-likeness (QED) is 0.865. The Morgan fingerprint density at radius 2 is 2.05 bits per heavy atom. The van der Waals surface area contributed by atoms with Crippen molar-refractivity contribution in [2.24, 2.45) is 11.7 Å². The van der Waals surface area contributed by atoms with Gasteiger partial charge in [0, 0.05) is 23.2 Å². The Morgan fingerprint density at radius 1 is 1.29 bits per heavy atom. The van der Waals surface area contributed by atoms with Crippen molar-refractivity contribution >= 4 is 11.6 Å². The third kappa shape index (κ3) is 3.25.